The van der Waals surface area contributed by atoms with E-state index in [9.17, 15) is 4.79 Å². The van der Waals surface area contributed by atoms with Crippen LogP contribution in [0.4, 0.5) is 10.5 Å². The number of carbonyl (C=O) groups excluding carboxylic acids is 1. The Kier molecular flexibility index (Phi) is 5.48. The first-order chi connectivity index (χ1) is 12.0. The Bertz CT molecular complexity index is 695. The Morgan fingerprint density at radius 1 is 1.16 bits per heavy atom. The summed E-state index contributed by atoms with van der Waals surface area (Å²) in [6, 6.07) is 8.75. The molecule has 1 aliphatic rings. The molecule has 2 amide bonds. The Morgan fingerprint density at radius 3 is 2.40 bits per heavy atom. The number of nitrogens with zero attached hydrogens (tertiary/aromatic N) is 1. The second-order valence-corrected chi connectivity index (χ2v) is 8.24. The molecule has 1 fully saturated rings. The van der Waals surface area contributed by atoms with Crippen molar-refractivity contribution in [3.63, 3.8) is 0 Å². The molecule has 3 rings (SSSR count). The van der Waals surface area contributed by atoms with Gasteiger partial charge in [0.2, 0.25) is 0 Å². The quantitative estimate of drug-likeness (QED) is 0.679. The van der Waals surface area contributed by atoms with Gasteiger partial charge in [-0.15, -0.1) is 0 Å². The molecular formula is C21H28N2OS. The number of amides is 2. The van der Waals surface area contributed by atoms with Crippen LogP contribution in [0.25, 0.3) is 0 Å². The average molecular weight is 357 g/mol. The number of anilines is 1. The summed E-state index contributed by atoms with van der Waals surface area (Å²) >= 11 is 1.70. The van der Waals surface area contributed by atoms with E-state index >= 15 is 0 Å². The number of para-hydroxylation sites is 1. The molecule has 1 aliphatic heterocycles. The summed E-state index contributed by atoms with van der Waals surface area (Å²) in [6.07, 6.45) is 2.11. The second kappa shape index (κ2) is 7.61. The van der Waals surface area contributed by atoms with Crippen LogP contribution < -0.4 is 5.32 Å². The van der Waals surface area contributed by atoms with Crippen LogP contribution in [0.3, 0.4) is 0 Å². The predicted molar refractivity (Wildman–Crippen MR) is 107 cm³/mol. The third kappa shape index (κ3) is 3.74. The summed E-state index contributed by atoms with van der Waals surface area (Å²) in [5, 5.41) is 7.52. The van der Waals surface area contributed by atoms with Crippen molar-refractivity contribution in [3.8, 4) is 0 Å². The lowest BCUT2D eigenvalue weighted by atomic mass is 9.93. The predicted octanol–water partition coefficient (Wildman–Crippen LogP) is 6.36. The molecule has 1 unspecified atom stereocenters. The van der Waals surface area contributed by atoms with Crippen LogP contribution in [0.1, 0.15) is 75.1 Å². The van der Waals surface area contributed by atoms with Gasteiger partial charge in [-0.2, -0.15) is 11.3 Å². The van der Waals surface area contributed by atoms with Gasteiger partial charge in [0, 0.05) is 12.2 Å². The van der Waals surface area contributed by atoms with Crippen LogP contribution in [0.15, 0.2) is 35.0 Å². The average Bonchev–Trinajstić information content (AvgIpc) is 3.25. The lowest BCUT2D eigenvalue weighted by molar-refractivity contribution is 0.207. The number of rotatable bonds is 4. The van der Waals surface area contributed by atoms with E-state index in [1.165, 1.54) is 16.7 Å². The van der Waals surface area contributed by atoms with Gasteiger partial charge in [-0.1, -0.05) is 45.9 Å². The molecule has 0 radical (unpaired) electrons. The van der Waals surface area contributed by atoms with Crippen molar-refractivity contribution < 1.29 is 4.79 Å². The fraction of sp³-hybridized carbons (Fsp3) is 0.476. The Labute approximate surface area is 155 Å². The second-order valence-electron chi connectivity index (χ2n) is 7.46. The molecule has 2 aromatic rings. The highest BCUT2D eigenvalue weighted by Crippen LogP contribution is 2.36. The van der Waals surface area contributed by atoms with Crippen LogP contribution in [-0.4, -0.2) is 17.5 Å². The van der Waals surface area contributed by atoms with Crippen molar-refractivity contribution >= 4 is 23.1 Å². The highest BCUT2D eigenvalue weighted by Gasteiger charge is 2.31. The van der Waals surface area contributed by atoms with Gasteiger partial charge < -0.3 is 10.2 Å². The zero-order valence-electron chi connectivity index (χ0n) is 15.6. The molecule has 2 heterocycles. The first kappa shape index (κ1) is 18.0. The van der Waals surface area contributed by atoms with Gasteiger partial charge in [0.05, 0.1) is 6.04 Å². The minimum absolute atomic E-state index is 0.0312. The molecule has 1 saturated heterocycles. The fourth-order valence-electron chi connectivity index (χ4n) is 3.70. The summed E-state index contributed by atoms with van der Waals surface area (Å²) < 4.78 is 0. The maximum atomic E-state index is 13.1. The highest BCUT2D eigenvalue weighted by atomic mass is 32.1. The van der Waals surface area contributed by atoms with Crippen molar-refractivity contribution in [1.82, 2.24) is 4.90 Å². The maximum Gasteiger partial charge on any atom is 0.322 e. The molecule has 0 aliphatic carbocycles. The van der Waals surface area contributed by atoms with Gasteiger partial charge in [0.1, 0.15) is 0 Å². The normalized spacial score (nSPS) is 17.5. The third-order valence-electron chi connectivity index (χ3n) is 5.05. The van der Waals surface area contributed by atoms with E-state index in [4.69, 9.17) is 0 Å². The summed E-state index contributed by atoms with van der Waals surface area (Å²) in [7, 11) is 0. The van der Waals surface area contributed by atoms with Crippen LogP contribution >= 0.6 is 11.3 Å². The van der Waals surface area contributed by atoms with Crippen LogP contribution in [0.5, 0.6) is 0 Å². The lowest BCUT2D eigenvalue weighted by Crippen LogP contribution is -2.35. The number of benzene rings is 1. The smallest absolute Gasteiger partial charge is 0.317 e. The van der Waals surface area contributed by atoms with Crippen LogP contribution in [0, 0.1) is 0 Å². The minimum Gasteiger partial charge on any atom is -0.317 e. The zero-order valence-corrected chi connectivity index (χ0v) is 16.4. The Balaban J connectivity index is 1.88. The number of hydrogen-bond donors (Lipinski definition) is 1. The Hall–Kier alpha value is -1.81. The zero-order chi connectivity index (χ0) is 18.0. The molecule has 1 atom stereocenters. The molecule has 4 heteroatoms. The van der Waals surface area contributed by atoms with Crippen molar-refractivity contribution in [2.75, 3.05) is 11.9 Å². The summed E-state index contributed by atoms with van der Waals surface area (Å²) in [5.74, 6) is 0.750. The molecular weight excluding hydrogens is 328 g/mol. The summed E-state index contributed by atoms with van der Waals surface area (Å²) in [6.45, 7) is 9.55. The summed E-state index contributed by atoms with van der Waals surface area (Å²) in [5.41, 5.74) is 4.70. The van der Waals surface area contributed by atoms with Crippen molar-refractivity contribution in [1.29, 1.82) is 0 Å². The van der Waals surface area contributed by atoms with Gasteiger partial charge in [0.15, 0.2) is 0 Å². The van der Waals surface area contributed by atoms with E-state index < -0.39 is 0 Å². The number of urea groups is 1. The first-order valence-corrected chi connectivity index (χ1v) is 10.2. The maximum absolute atomic E-state index is 13.1. The molecule has 3 nitrogen and oxygen atoms in total. The molecule has 1 aromatic heterocycles. The highest BCUT2D eigenvalue weighted by molar-refractivity contribution is 7.08. The fourth-order valence-corrected chi connectivity index (χ4v) is 4.40. The van der Waals surface area contributed by atoms with E-state index in [-0.39, 0.29) is 12.1 Å². The Morgan fingerprint density at radius 2 is 1.84 bits per heavy atom. The number of hydrogen-bond acceptors (Lipinski definition) is 2. The van der Waals surface area contributed by atoms with Gasteiger partial charge in [-0.3, -0.25) is 0 Å². The van der Waals surface area contributed by atoms with E-state index in [0.29, 0.717) is 11.8 Å². The first-order valence-electron chi connectivity index (χ1n) is 9.21. The van der Waals surface area contributed by atoms with E-state index in [1.54, 1.807) is 11.3 Å². The van der Waals surface area contributed by atoms with Gasteiger partial charge in [-0.05, 0) is 58.2 Å². The lowest BCUT2D eigenvalue weighted by Gasteiger charge is -2.27. The number of nitrogens with one attached hydrogen (secondary N) is 1. The van der Waals surface area contributed by atoms with Gasteiger partial charge in [-0.25, -0.2) is 4.79 Å². The number of carbonyl (C=O) groups is 1. The molecule has 1 aromatic carbocycles. The van der Waals surface area contributed by atoms with Gasteiger partial charge in [0.25, 0.3) is 0 Å². The van der Waals surface area contributed by atoms with E-state index in [1.807, 2.05) is 4.90 Å². The minimum atomic E-state index is 0.0312. The SMILES string of the molecule is CC(C)c1cccc(C(C)C)c1NC(=O)N1CCCC1c1ccsc1. The van der Waals surface area contributed by atoms with Crippen LogP contribution in [0.2, 0.25) is 0 Å². The van der Waals surface area contributed by atoms with Crippen molar-refractivity contribution in [2.24, 2.45) is 0 Å². The summed E-state index contributed by atoms with van der Waals surface area (Å²) in [4.78, 5) is 15.1. The largest absolute Gasteiger partial charge is 0.322 e. The molecule has 134 valence electrons. The molecule has 0 saturated carbocycles. The molecule has 0 spiro atoms. The standard InChI is InChI=1S/C21H28N2OS/c1-14(2)17-7-5-8-18(15(3)4)20(17)22-21(24)23-11-6-9-19(23)16-10-12-25-13-16/h5,7-8,10,12-15,19H,6,9,11H2,1-4H3,(H,22,24). The monoisotopic (exact) mass is 356 g/mol. The molecule has 1 N–H and O–H groups in total. The molecule has 25 heavy (non-hydrogen) atoms. The van der Waals surface area contributed by atoms with Crippen LogP contribution in [-0.2, 0) is 0 Å². The number of likely N-dealkylation sites (tertiary alicyclic amines) is 1. The van der Waals surface area contributed by atoms with Gasteiger partial charge >= 0.3 is 6.03 Å². The topological polar surface area (TPSA) is 32.3 Å². The van der Waals surface area contributed by atoms with E-state index in [2.05, 4.69) is 68.0 Å². The van der Waals surface area contributed by atoms with E-state index in [0.717, 1.165) is 25.1 Å². The number of thiophene rings is 1. The van der Waals surface area contributed by atoms with Crippen molar-refractivity contribution in [2.45, 2.75) is 58.4 Å². The third-order valence-corrected chi connectivity index (χ3v) is 5.75. The van der Waals surface area contributed by atoms with Crippen molar-refractivity contribution in [3.05, 3.63) is 51.7 Å². The molecule has 0 bridgehead atoms.